The van der Waals surface area contributed by atoms with Crippen LogP contribution in [0.15, 0.2) is 36.8 Å². The van der Waals surface area contributed by atoms with Gasteiger partial charge in [0.2, 0.25) is 0 Å². The van der Waals surface area contributed by atoms with Crippen LogP contribution in [0.1, 0.15) is 6.92 Å². The van der Waals surface area contributed by atoms with Crippen molar-refractivity contribution in [2.45, 2.75) is 19.3 Å². The number of aromatic amines is 1. The largest absolute Gasteiger partial charge is 0.377 e. The fraction of sp³-hybridized carbons (Fsp3) is 0.357. The molecule has 0 aliphatic rings. The smallest absolute Gasteiger partial charge is 0.176 e. The van der Waals surface area contributed by atoms with Crippen LogP contribution in [0.2, 0.25) is 0 Å². The maximum Gasteiger partial charge on any atom is 0.176 e. The molecule has 1 aromatic carbocycles. The quantitative estimate of drug-likeness (QED) is 0.784. The molecule has 0 spiro atoms. The van der Waals surface area contributed by atoms with Crippen molar-refractivity contribution in [3.63, 3.8) is 0 Å². The van der Waals surface area contributed by atoms with E-state index in [-0.39, 0.29) is 12.3 Å². The number of nitrogens with one attached hydrogen (secondary N) is 2. The summed E-state index contributed by atoms with van der Waals surface area (Å²) >= 11 is 0. The first-order chi connectivity index (χ1) is 9.24. The Morgan fingerprint density at radius 3 is 2.37 bits per heavy atom. The molecule has 5 nitrogen and oxygen atoms in total. The molecule has 0 bridgehead atoms. The third kappa shape index (κ3) is 3.33. The minimum atomic E-state index is -0.271. The summed E-state index contributed by atoms with van der Waals surface area (Å²) in [5.74, 6) is 0. The van der Waals surface area contributed by atoms with Crippen LogP contribution in [0.3, 0.4) is 0 Å². The van der Waals surface area contributed by atoms with Gasteiger partial charge in [-0.15, -0.1) is 0 Å². The van der Waals surface area contributed by atoms with Crippen LogP contribution in [0.4, 0.5) is 5.69 Å². The van der Waals surface area contributed by atoms with E-state index < -0.39 is 0 Å². The van der Waals surface area contributed by atoms with Crippen LogP contribution in [0.5, 0.6) is 0 Å². The van der Waals surface area contributed by atoms with E-state index in [9.17, 15) is 0 Å². The Kier molecular flexibility index (Phi) is 4.54. The molecule has 0 radical (unpaired) electrons. The van der Waals surface area contributed by atoms with Gasteiger partial charge in [-0.1, -0.05) is 12.1 Å². The van der Waals surface area contributed by atoms with Crippen LogP contribution < -0.4 is 5.32 Å². The molecule has 0 aliphatic heterocycles. The average Bonchev–Trinajstić information content (AvgIpc) is 2.95. The third-order valence-corrected chi connectivity index (χ3v) is 2.96. The molecule has 1 aromatic heterocycles. The van der Waals surface area contributed by atoms with Crippen LogP contribution >= 0.6 is 0 Å². The number of hydrogen-bond acceptors (Lipinski definition) is 4. The molecule has 1 atom stereocenters. The molecule has 102 valence electrons. The number of imidazole rings is 1. The van der Waals surface area contributed by atoms with Crippen molar-refractivity contribution in [2.24, 2.45) is 0 Å². The molecule has 0 saturated carbocycles. The Labute approximate surface area is 113 Å². The second kappa shape index (κ2) is 6.36. The number of ether oxygens (including phenoxy) is 2. The summed E-state index contributed by atoms with van der Waals surface area (Å²) in [4.78, 5) is 7.09. The van der Waals surface area contributed by atoms with E-state index in [1.807, 2.05) is 31.2 Å². The second-order valence-electron chi connectivity index (χ2n) is 4.32. The van der Waals surface area contributed by atoms with Crippen molar-refractivity contribution in [2.75, 3.05) is 19.5 Å². The molecule has 0 fully saturated rings. The molecule has 5 heteroatoms. The van der Waals surface area contributed by atoms with Gasteiger partial charge in [-0.2, -0.15) is 0 Å². The Morgan fingerprint density at radius 1 is 1.16 bits per heavy atom. The van der Waals surface area contributed by atoms with Gasteiger partial charge in [0.15, 0.2) is 6.29 Å². The van der Waals surface area contributed by atoms with Gasteiger partial charge in [-0.05, 0) is 24.6 Å². The SMILES string of the molecule is COC(OC)C(C)Nc1ccc(-c2cnc[nH]2)cc1. The lowest BCUT2D eigenvalue weighted by atomic mass is 10.1. The predicted octanol–water partition coefficient (Wildman–Crippen LogP) is 2.50. The fourth-order valence-electron chi connectivity index (χ4n) is 2.00. The Hall–Kier alpha value is -1.85. The van der Waals surface area contributed by atoms with Gasteiger partial charge >= 0.3 is 0 Å². The first-order valence-electron chi connectivity index (χ1n) is 6.15. The highest BCUT2D eigenvalue weighted by atomic mass is 16.7. The molecule has 2 aromatic rings. The minimum absolute atomic E-state index is 0.0630. The molecule has 0 saturated heterocycles. The number of rotatable bonds is 6. The van der Waals surface area contributed by atoms with Crippen molar-refractivity contribution in [3.8, 4) is 11.3 Å². The van der Waals surface area contributed by atoms with Gasteiger partial charge in [0.05, 0.1) is 24.3 Å². The maximum absolute atomic E-state index is 5.22. The number of benzene rings is 1. The molecule has 2 N–H and O–H groups in total. The van der Waals surface area contributed by atoms with E-state index in [0.717, 1.165) is 16.9 Å². The summed E-state index contributed by atoms with van der Waals surface area (Å²) in [6, 6.07) is 8.19. The van der Waals surface area contributed by atoms with Crippen LogP contribution in [0, 0.1) is 0 Å². The Balaban J connectivity index is 2.03. The Morgan fingerprint density at radius 2 is 1.84 bits per heavy atom. The number of H-pyrrole nitrogens is 1. The molecule has 0 amide bonds. The van der Waals surface area contributed by atoms with Gasteiger partial charge in [0.25, 0.3) is 0 Å². The Bertz CT molecular complexity index is 478. The van der Waals surface area contributed by atoms with E-state index in [2.05, 4.69) is 15.3 Å². The van der Waals surface area contributed by atoms with Gasteiger partial charge in [-0.25, -0.2) is 4.98 Å². The fourth-order valence-corrected chi connectivity index (χ4v) is 2.00. The molecule has 2 rings (SSSR count). The molecule has 1 heterocycles. The normalized spacial score (nSPS) is 12.6. The molecule has 0 aliphatic carbocycles. The number of anilines is 1. The molecule has 1 unspecified atom stereocenters. The third-order valence-electron chi connectivity index (χ3n) is 2.96. The topological polar surface area (TPSA) is 59.2 Å². The summed E-state index contributed by atoms with van der Waals surface area (Å²) in [6.45, 7) is 2.01. The van der Waals surface area contributed by atoms with Gasteiger partial charge in [0.1, 0.15) is 0 Å². The van der Waals surface area contributed by atoms with Crippen LogP contribution in [-0.2, 0) is 9.47 Å². The van der Waals surface area contributed by atoms with Crippen molar-refractivity contribution >= 4 is 5.69 Å². The van der Waals surface area contributed by atoms with E-state index in [1.165, 1.54) is 0 Å². The van der Waals surface area contributed by atoms with Gasteiger partial charge in [0, 0.05) is 19.9 Å². The lowest BCUT2D eigenvalue weighted by molar-refractivity contribution is -0.109. The zero-order valence-corrected chi connectivity index (χ0v) is 11.4. The van der Waals surface area contributed by atoms with Crippen LogP contribution in [-0.4, -0.2) is 36.5 Å². The molecule has 19 heavy (non-hydrogen) atoms. The van der Waals surface area contributed by atoms with Crippen molar-refractivity contribution in [1.29, 1.82) is 0 Å². The van der Waals surface area contributed by atoms with Crippen molar-refractivity contribution < 1.29 is 9.47 Å². The number of hydrogen-bond donors (Lipinski definition) is 2. The van der Waals surface area contributed by atoms with E-state index in [0.29, 0.717) is 0 Å². The standard InChI is InChI=1S/C14H19N3O2/c1-10(14(18-2)19-3)17-12-6-4-11(5-7-12)13-8-15-9-16-13/h4-10,14,17H,1-3H3,(H,15,16). The maximum atomic E-state index is 5.22. The highest BCUT2D eigenvalue weighted by molar-refractivity contribution is 5.62. The van der Waals surface area contributed by atoms with Gasteiger partial charge in [-0.3, -0.25) is 0 Å². The highest BCUT2D eigenvalue weighted by Gasteiger charge is 2.15. The first kappa shape index (κ1) is 13.6. The van der Waals surface area contributed by atoms with E-state index in [4.69, 9.17) is 9.47 Å². The van der Waals surface area contributed by atoms with Crippen molar-refractivity contribution in [1.82, 2.24) is 9.97 Å². The van der Waals surface area contributed by atoms with E-state index in [1.54, 1.807) is 26.7 Å². The molecular formula is C14H19N3O2. The zero-order chi connectivity index (χ0) is 13.7. The monoisotopic (exact) mass is 261 g/mol. The van der Waals surface area contributed by atoms with E-state index >= 15 is 0 Å². The average molecular weight is 261 g/mol. The number of nitrogens with zero attached hydrogens (tertiary/aromatic N) is 1. The summed E-state index contributed by atoms with van der Waals surface area (Å²) in [5.41, 5.74) is 3.13. The first-order valence-corrected chi connectivity index (χ1v) is 6.15. The molecular weight excluding hydrogens is 242 g/mol. The van der Waals surface area contributed by atoms with Crippen molar-refractivity contribution in [3.05, 3.63) is 36.8 Å². The lowest BCUT2D eigenvalue weighted by Gasteiger charge is -2.23. The minimum Gasteiger partial charge on any atom is -0.377 e. The summed E-state index contributed by atoms with van der Waals surface area (Å²) in [5, 5.41) is 3.34. The second-order valence-corrected chi connectivity index (χ2v) is 4.32. The summed E-state index contributed by atoms with van der Waals surface area (Å²) in [6.07, 6.45) is 3.20. The predicted molar refractivity (Wildman–Crippen MR) is 74.9 cm³/mol. The summed E-state index contributed by atoms with van der Waals surface area (Å²) in [7, 11) is 3.27. The highest BCUT2D eigenvalue weighted by Crippen LogP contribution is 2.19. The van der Waals surface area contributed by atoms with Gasteiger partial charge < -0.3 is 19.8 Å². The number of methoxy groups -OCH3 is 2. The summed E-state index contributed by atoms with van der Waals surface area (Å²) < 4.78 is 10.4. The zero-order valence-electron chi connectivity index (χ0n) is 11.4. The van der Waals surface area contributed by atoms with Crippen LogP contribution in [0.25, 0.3) is 11.3 Å². The lowest BCUT2D eigenvalue weighted by Crippen LogP contribution is -2.33. The number of aromatic nitrogens is 2.